The average Bonchev–Trinajstić information content (AvgIpc) is 3.66. The third kappa shape index (κ3) is 5.36. The minimum atomic E-state index is -0.328. The second-order valence-electron chi connectivity index (χ2n) is 10.3. The van der Waals surface area contributed by atoms with Crippen LogP contribution in [0.25, 0.3) is 11.1 Å². The molecule has 0 spiro atoms. The second kappa shape index (κ2) is 11.1. The topological polar surface area (TPSA) is 49.9 Å². The largest absolute Gasteiger partial charge is 0.492 e. The fraction of sp³-hybridized carbons (Fsp3) is 0.355. The molecular formula is C31H31BrN2O3S. The molecule has 3 aliphatic rings. The Labute approximate surface area is 236 Å². The maximum Gasteiger partial charge on any atom is 0.228 e. The van der Waals surface area contributed by atoms with Crippen molar-refractivity contribution in [2.24, 2.45) is 5.92 Å². The van der Waals surface area contributed by atoms with Crippen molar-refractivity contribution in [1.29, 1.82) is 0 Å². The molecule has 0 aromatic heterocycles. The highest BCUT2D eigenvalue weighted by Gasteiger charge is 2.38. The number of hydrogen-bond acceptors (Lipinski definition) is 4. The highest BCUT2D eigenvalue weighted by Crippen LogP contribution is 2.39. The van der Waals surface area contributed by atoms with E-state index in [0.717, 1.165) is 34.5 Å². The van der Waals surface area contributed by atoms with Crippen LogP contribution in [0.2, 0.25) is 0 Å². The molecule has 3 aromatic carbocycles. The van der Waals surface area contributed by atoms with Crippen molar-refractivity contribution in [3.8, 4) is 16.9 Å². The normalized spacial score (nSPS) is 19.9. The molecule has 5 nitrogen and oxygen atoms in total. The van der Waals surface area contributed by atoms with Crippen molar-refractivity contribution in [1.82, 2.24) is 4.90 Å². The monoisotopic (exact) mass is 590 g/mol. The first kappa shape index (κ1) is 25.5. The van der Waals surface area contributed by atoms with E-state index in [-0.39, 0.29) is 24.2 Å². The van der Waals surface area contributed by atoms with Gasteiger partial charge in [-0.15, -0.1) is 0 Å². The quantitative estimate of drug-likeness (QED) is 0.246. The second-order valence-corrected chi connectivity index (χ2v) is 12.6. The van der Waals surface area contributed by atoms with Gasteiger partial charge in [-0.1, -0.05) is 52.3 Å². The molecule has 2 heterocycles. The zero-order valence-corrected chi connectivity index (χ0v) is 23.7. The highest BCUT2D eigenvalue weighted by atomic mass is 79.9. The highest BCUT2D eigenvalue weighted by molar-refractivity contribution is 9.10. The van der Waals surface area contributed by atoms with Crippen molar-refractivity contribution in [2.75, 3.05) is 36.9 Å². The number of fused-ring (bicyclic) bond motifs is 3. The van der Waals surface area contributed by atoms with Crippen molar-refractivity contribution in [3.63, 3.8) is 0 Å². The molecule has 1 aliphatic carbocycles. The molecule has 3 aromatic rings. The molecule has 0 bridgehead atoms. The van der Waals surface area contributed by atoms with E-state index in [2.05, 4.69) is 52.3 Å². The molecule has 2 aliphatic heterocycles. The molecule has 2 atom stereocenters. The molecule has 38 heavy (non-hydrogen) atoms. The lowest BCUT2D eigenvalue weighted by molar-refractivity contribution is -0.136. The van der Waals surface area contributed by atoms with Crippen LogP contribution in [0.1, 0.15) is 30.4 Å². The van der Waals surface area contributed by atoms with Crippen LogP contribution < -0.4 is 9.64 Å². The standard InChI is InChI=1S/C31H31BrN2O3S/c32-24-6-3-7-26(18-24)37-13-12-33(20-27-8-4-14-38-27)31(36)23-17-30(35)34(19-23)25-10-11-29-22(16-25)15-21-5-1-2-9-28(21)29/h1-3,5-7,9-11,16,18,23,27H,4,8,12-15,17,19-20H2. The van der Waals surface area contributed by atoms with Crippen molar-refractivity contribution in [3.05, 3.63) is 82.3 Å². The van der Waals surface area contributed by atoms with Crippen LogP contribution in [-0.4, -0.2) is 54.0 Å². The SMILES string of the molecule is O=C(C1CC(=O)N(c2ccc3c(c2)Cc2ccccc2-3)C1)N(CCOc1cccc(Br)c1)CC1CCCS1. The van der Waals surface area contributed by atoms with Crippen molar-refractivity contribution >= 4 is 45.2 Å². The molecule has 7 heteroatoms. The summed E-state index contributed by atoms with van der Waals surface area (Å²) in [4.78, 5) is 30.6. The fourth-order valence-corrected chi connectivity index (χ4v) is 7.50. The van der Waals surface area contributed by atoms with Crippen LogP contribution in [0, 0.1) is 5.92 Å². The number of nitrogens with zero attached hydrogens (tertiary/aromatic N) is 2. The molecule has 0 radical (unpaired) electrons. The maximum absolute atomic E-state index is 13.8. The number of anilines is 1. The van der Waals surface area contributed by atoms with E-state index >= 15 is 0 Å². The minimum Gasteiger partial charge on any atom is -0.492 e. The smallest absolute Gasteiger partial charge is 0.228 e. The van der Waals surface area contributed by atoms with E-state index in [9.17, 15) is 9.59 Å². The summed E-state index contributed by atoms with van der Waals surface area (Å²) in [7, 11) is 0. The summed E-state index contributed by atoms with van der Waals surface area (Å²) in [5.41, 5.74) is 5.99. The Bertz CT molecular complexity index is 1360. The predicted molar refractivity (Wildman–Crippen MR) is 157 cm³/mol. The number of halogens is 1. The first-order valence-electron chi connectivity index (χ1n) is 13.4. The van der Waals surface area contributed by atoms with Crippen LogP contribution in [0.15, 0.2) is 71.2 Å². The lowest BCUT2D eigenvalue weighted by Crippen LogP contribution is -2.43. The van der Waals surface area contributed by atoms with Gasteiger partial charge in [-0.2, -0.15) is 11.8 Å². The van der Waals surface area contributed by atoms with Gasteiger partial charge in [-0.25, -0.2) is 0 Å². The van der Waals surface area contributed by atoms with E-state index in [1.165, 1.54) is 28.7 Å². The molecule has 2 amide bonds. The third-order valence-corrected chi connectivity index (χ3v) is 9.62. The van der Waals surface area contributed by atoms with Gasteiger partial charge < -0.3 is 14.5 Å². The summed E-state index contributed by atoms with van der Waals surface area (Å²) >= 11 is 5.43. The van der Waals surface area contributed by atoms with Gasteiger partial charge in [0.1, 0.15) is 12.4 Å². The summed E-state index contributed by atoms with van der Waals surface area (Å²) in [5.74, 6) is 1.70. The molecule has 0 saturated carbocycles. The number of thioether (sulfide) groups is 1. The van der Waals surface area contributed by atoms with Gasteiger partial charge in [-0.3, -0.25) is 9.59 Å². The van der Waals surface area contributed by atoms with Gasteiger partial charge in [0.05, 0.1) is 12.5 Å². The fourth-order valence-electron chi connectivity index (χ4n) is 5.84. The Morgan fingerprint density at radius 3 is 2.76 bits per heavy atom. The van der Waals surface area contributed by atoms with E-state index in [4.69, 9.17) is 4.74 Å². The maximum atomic E-state index is 13.8. The van der Waals surface area contributed by atoms with Gasteiger partial charge in [0.25, 0.3) is 0 Å². The number of hydrogen-bond donors (Lipinski definition) is 0. The lowest BCUT2D eigenvalue weighted by Gasteiger charge is -2.28. The third-order valence-electron chi connectivity index (χ3n) is 7.75. The zero-order chi connectivity index (χ0) is 26.1. The van der Waals surface area contributed by atoms with Gasteiger partial charge in [0, 0.05) is 34.9 Å². The Balaban J connectivity index is 1.14. The van der Waals surface area contributed by atoms with Gasteiger partial charge in [0.2, 0.25) is 11.8 Å². The summed E-state index contributed by atoms with van der Waals surface area (Å²) < 4.78 is 6.93. The first-order chi connectivity index (χ1) is 18.5. The van der Waals surface area contributed by atoms with Crippen molar-refractivity contribution in [2.45, 2.75) is 30.9 Å². The summed E-state index contributed by atoms with van der Waals surface area (Å²) in [5, 5.41) is 0.455. The van der Waals surface area contributed by atoms with Gasteiger partial charge in [0.15, 0.2) is 0 Å². The summed E-state index contributed by atoms with van der Waals surface area (Å²) in [6.07, 6.45) is 3.48. The average molecular weight is 592 g/mol. The first-order valence-corrected chi connectivity index (χ1v) is 15.2. The van der Waals surface area contributed by atoms with Gasteiger partial charge >= 0.3 is 0 Å². The number of benzene rings is 3. The Kier molecular flexibility index (Phi) is 7.48. The van der Waals surface area contributed by atoms with Crippen LogP contribution in [-0.2, 0) is 16.0 Å². The summed E-state index contributed by atoms with van der Waals surface area (Å²) in [6, 6.07) is 22.5. The summed E-state index contributed by atoms with van der Waals surface area (Å²) in [6.45, 7) is 2.09. The van der Waals surface area contributed by atoms with Crippen molar-refractivity contribution < 1.29 is 14.3 Å². The molecular weight excluding hydrogens is 560 g/mol. The number of ether oxygens (including phenoxy) is 1. The minimum absolute atomic E-state index is 0.0272. The Morgan fingerprint density at radius 2 is 1.92 bits per heavy atom. The number of rotatable bonds is 8. The van der Waals surface area contributed by atoms with Crippen LogP contribution >= 0.6 is 27.7 Å². The van der Waals surface area contributed by atoms with E-state index in [1.54, 1.807) is 0 Å². The Morgan fingerprint density at radius 1 is 1.05 bits per heavy atom. The molecule has 2 unspecified atom stereocenters. The molecule has 196 valence electrons. The predicted octanol–water partition coefficient (Wildman–Crippen LogP) is 6.18. The number of carbonyl (C=O) groups excluding carboxylic acids is 2. The van der Waals surface area contributed by atoms with E-state index in [1.807, 2.05) is 51.9 Å². The van der Waals surface area contributed by atoms with Crippen LogP contribution in [0.4, 0.5) is 5.69 Å². The lowest BCUT2D eigenvalue weighted by atomic mass is 10.1. The number of amides is 2. The Hall–Kier alpha value is -2.77. The molecule has 2 fully saturated rings. The molecule has 0 N–H and O–H groups in total. The molecule has 6 rings (SSSR count). The number of carbonyl (C=O) groups is 2. The van der Waals surface area contributed by atoms with Gasteiger partial charge in [-0.05, 0) is 77.6 Å². The van der Waals surface area contributed by atoms with E-state index < -0.39 is 0 Å². The molecule has 2 saturated heterocycles. The van der Waals surface area contributed by atoms with E-state index in [0.29, 0.717) is 31.5 Å². The zero-order valence-electron chi connectivity index (χ0n) is 21.3. The van der Waals surface area contributed by atoms with Crippen LogP contribution in [0.5, 0.6) is 5.75 Å². The van der Waals surface area contributed by atoms with Crippen LogP contribution in [0.3, 0.4) is 0 Å².